The molecule has 232 valence electrons. The molecule has 1 amide bonds. The molecule has 0 fully saturated rings. The third kappa shape index (κ3) is 7.01. The van der Waals surface area contributed by atoms with Crippen molar-refractivity contribution in [3.63, 3.8) is 0 Å². The van der Waals surface area contributed by atoms with Gasteiger partial charge in [-0.25, -0.2) is 9.18 Å². The lowest BCUT2D eigenvalue weighted by Gasteiger charge is -2.14. The van der Waals surface area contributed by atoms with Crippen LogP contribution in [0.1, 0.15) is 55.8 Å². The number of ether oxygens (including phenoxy) is 3. The molecule has 0 radical (unpaired) electrons. The van der Waals surface area contributed by atoms with Gasteiger partial charge in [-0.2, -0.15) is 0 Å². The molecule has 2 aromatic carbocycles. The zero-order chi connectivity index (χ0) is 32.1. The Kier molecular flexibility index (Phi) is 9.22. The lowest BCUT2D eigenvalue weighted by atomic mass is 10.1. The molecule has 3 aromatic heterocycles. The lowest BCUT2D eigenvalue weighted by Crippen LogP contribution is -2.18. The van der Waals surface area contributed by atoms with E-state index < -0.39 is 29.2 Å². The molecule has 0 atom stereocenters. The van der Waals surface area contributed by atoms with Crippen LogP contribution in [0.2, 0.25) is 0 Å². The second kappa shape index (κ2) is 13.4. The summed E-state index contributed by atoms with van der Waals surface area (Å²) in [5, 5.41) is 27.6. The fourth-order valence-electron chi connectivity index (χ4n) is 4.35. The summed E-state index contributed by atoms with van der Waals surface area (Å²) in [6.45, 7) is 1.90. The molecule has 0 aliphatic rings. The number of nitrogens with one attached hydrogen (secondary N) is 1. The Bertz CT molecular complexity index is 1940. The minimum atomic E-state index is -1.44. The van der Waals surface area contributed by atoms with Gasteiger partial charge < -0.3 is 24.6 Å². The number of amides is 1. The number of ketones is 1. The van der Waals surface area contributed by atoms with Crippen molar-refractivity contribution in [1.29, 1.82) is 0 Å². The Morgan fingerprint density at radius 3 is 2.64 bits per heavy atom. The van der Waals surface area contributed by atoms with Gasteiger partial charge in [-0.3, -0.25) is 14.4 Å². The molecule has 0 aliphatic carbocycles. The van der Waals surface area contributed by atoms with Crippen LogP contribution < -0.4 is 14.8 Å². The van der Waals surface area contributed by atoms with Crippen LogP contribution in [0.15, 0.2) is 42.5 Å². The molecule has 0 unspecified atom stereocenters. The molecule has 45 heavy (non-hydrogen) atoms. The summed E-state index contributed by atoms with van der Waals surface area (Å²) in [6.07, 6.45) is 0.0130. The number of carbonyl (C=O) groups excluding carboxylic acids is 3. The van der Waals surface area contributed by atoms with Crippen LogP contribution in [0, 0.1) is 5.82 Å². The fourth-order valence-corrected chi connectivity index (χ4v) is 5.39. The summed E-state index contributed by atoms with van der Waals surface area (Å²) in [5.41, 5.74) is -0.299. The van der Waals surface area contributed by atoms with E-state index in [2.05, 4.69) is 25.9 Å². The molecule has 0 bridgehead atoms. The van der Waals surface area contributed by atoms with E-state index in [1.54, 1.807) is 25.1 Å². The first-order valence-corrected chi connectivity index (χ1v) is 14.3. The number of benzene rings is 2. The van der Waals surface area contributed by atoms with Crippen LogP contribution in [0.4, 0.5) is 10.1 Å². The molecule has 3 heterocycles. The Labute approximate surface area is 257 Å². The number of carboxylic acids is 1. The van der Waals surface area contributed by atoms with Gasteiger partial charge in [0.2, 0.25) is 0 Å². The van der Waals surface area contributed by atoms with E-state index >= 15 is 0 Å². The average Bonchev–Trinajstić information content (AvgIpc) is 3.67. The van der Waals surface area contributed by atoms with Gasteiger partial charge in [0.25, 0.3) is 5.91 Å². The first-order chi connectivity index (χ1) is 21.7. The van der Waals surface area contributed by atoms with Crippen molar-refractivity contribution >= 4 is 56.4 Å². The normalized spacial score (nSPS) is 11.0. The summed E-state index contributed by atoms with van der Waals surface area (Å²) in [7, 11) is 1.46. The van der Waals surface area contributed by atoms with E-state index in [0.29, 0.717) is 27.4 Å². The summed E-state index contributed by atoms with van der Waals surface area (Å²) in [6, 6.07) is 9.97. The van der Waals surface area contributed by atoms with E-state index in [1.165, 1.54) is 36.6 Å². The van der Waals surface area contributed by atoms with E-state index in [4.69, 9.17) is 14.2 Å². The number of halogens is 1. The molecule has 16 heteroatoms. The van der Waals surface area contributed by atoms with Gasteiger partial charge in [0.05, 0.1) is 42.9 Å². The molecule has 5 rings (SSSR count). The van der Waals surface area contributed by atoms with Crippen LogP contribution in [0.3, 0.4) is 0 Å². The number of carboxylic acid groups (broad SMARTS) is 1. The number of anilines is 1. The molecule has 0 spiro atoms. The van der Waals surface area contributed by atoms with Crippen LogP contribution in [0.5, 0.6) is 11.5 Å². The maximum atomic E-state index is 14.9. The van der Waals surface area contributed by atoms with Crippen LogP contribution in [0.25, 0.3) is 15.7 Å². The number of carbonyl (C=O) groups is 4. The average molecular weight is 637 g/mol. The van der Waals surface area contributed by atoms with Gasteiger partial charge in [0.1, 0.15) is 5.82 Å². The molecule has 14 nitrogen and oxygen atoms in total. The predicted octanol–water partition coefficient (Wildman–Crippen LogP) is 3.98. The monoisotopic (exact) mass is 636 g/mol. The van der Waals surface area contributed by atoms with Crippen molar-refractivity contribution in [1.82, 2.24) is 25.3 Å². The number of aromatic carboxylic acids is 1. The van der Waals surface area contributed by atoms with Gasteiger partial charge >= 0.3 is 11.9 Å². The molecule has 5 aromatic rings. The Hall–Kier alpha value is -5.51. The standard InChI is InChI=1S/C29H25FN6O8S/c1-3-43-27(38)7-5-21(37)25-12-16-11-23(22(42-2)14-24(16)45-25)44-9-8-15-10-20(17(29(40)41)13-18(15)30)31-28(39)19-4-6-26-32-34-35-36(26)33-19/h4,6,10-14H,3,5,7-9H2,1-2H3,(H,31,39)(H,40,41). The van der Waals surface area contributed by atoms with E-state index in [1.807, 2.05) is 0 Å². The number of tetrazole rings is 1. The van der Waals surface area contributed by atoms with Crippen LogP contribution >= 0.6 is 11.3 Å². The fraction of sp³-hybridized carbons (Fsp3) is 0.241. The molecule has 2 N–H and O–H groups in total. The zero-order valence-corrected chi connectivity index (χ0v) is 24.7. The van der Waals surface area contributed by atoms with E-state index in [9.17, 15) is 28.7 Å². The van der Waals surface area contributed by atoms with Crippen molar-refractivity contribution in [2.75, 3.05) is 25.6 Å². The second-order valence-electron chi connectivity index (χ2n) is 9.47. The molecular formula is C29H25FN6O8S. The first kappa shape index (κ1) is 30.9. The minimum Gasteiger partial charge on any atom is -0.493 e. The molecule has 0 saturated carbocycles. The minimum absolute atomic E-state index is 0.00582. The van der Waals surface area contributed by atoms with Gasteiger partial charge in [-0.05, 0) is 64.7 Å². The summed E-state index contributed by atoms with van der Waals surface area (Å²) < 4.78 is 33.0. The maximum absolute atomic E-state index is 14.9. The quantitative estimate of drug-likeness (QED) is 0.140. The topological polar surface area (TPSA) is 184 Å². The number of aromatic nitrogens is 5. The highest BCUT2D eigenvalue weighted by molar-refractivity contribution is 7.20. The first-order valence-electron chi connectivity index (χ1n) is 13.5. The van der Waals surface area contributed by atoms with Crippen LogP contribution in [-0.2, 0) is 16.0 Å². The zero-order valence-electron chi connectivity index (χ0n) is 23.9. The number of hydrogen-bond donors (Lipinski definition) is 2. The Morgan fingerprint density at radius 1 is 1.07 bits per heavy atom. The Morgan fingerprint density at radius 2 is 1.89 bits per heavy atom. The van der Waals surface area contributed by atoms with Gasteiger partial charge in [-0.15, -0.1) is 26.2 Å². The maximum Gasteiger partial charge on any atom is 0.337 e. The summed E-state index contributed by atoms with van der Waals surface area (Å²) in [5.74, 6) is -2.90. The number of thiophene rings is 1. The highest BCUT2D eigenvalue weighted by atomic mass is 32.1. The third-order valence-corrected chi connectivity index (χ3v) is 7.67. The Balaban J connectivity index is 1.30. The number of fused-ring (bicyclic) bond motifs is 2. The predicted molar refractivity (Wildman–Crippen MR) is 158 cm³/mol. The highest BCUT2D eigenvalue weighted by Crippen LogP contribution is 2.37. The largest absolute Gasteiger partial charge is 0.493 e. The van der Waals surface area contributed by atoms with Crippen molar-refractivity contribution in [3.8, 4) is 11.5 Å². The number of esters is 1. The number of Topliss-reactive ketones (excluding diaryl/α,β-unsaturated/α-hetero) is 1. The SMILES string of the molecule is CCOC(=O)CCC(=O)c1cc2cc(OCCc3cc(NC(=O)c4ccc5nnnn5n4)c(C(=O)O)cc3F)c(OC)cc2s1. The highest BCUT2D eigenvalue weighted by Gasteiger charge is 2.20. The van der Waals surface area contributed by atoms with Crippen molar-refractivity contribution in [2.45, 2.75) is 26.2 Å². The second-order valence-corrected chi connectivity index (χ2v) is 10.6. The number of rotatable bonds is 13. The number of nitrogens with zero attached hydrogens (tertiary/aromatic N) is 5. The van der Waals surface area contributed by atoms with Crippen molar-refractivity contribution in [3.05, 3.63) is 70.0 Å². The molecule has 0 saturated heterocycles. The van der Waals surface area contributed by atoms with E-state index in [0.717, 1.165) is 15.4 Å². The summed E-state index contributed by atoms with van der Waals surface area (Å²) >= 11 is 1.26. The molecular weight excluding hydrogens is 611 g/mol. The molecule has 0 aliphatic heterocycles. The lowest BCUT2D eigenvalue weighted by molar-refractivity contribution is -0.143. The van der Waals surface area contributed by atoms with Gasteiger partial charge in [-0.1, -0.05) is 0 Å². The number of hydrogen-bond acceptors (Lipinski definition) is 12. The third-order valence-electron chi connectivity index (χ3n) is 6.54. The van der Waals surface area contributed by atoms with Crippen LogP contribution in [-0.4, -0.2) is 74.3 Å². The van der Waals surface area contributed by atoms with Gasteiger partial charge in [0, 0.05) is 23.6 Å². The van der Waals surface area contributed by atoms with E-state index in [-0.39, 0.29) is 55.2 Å². The smallest absolute Gasteiger partial charge is 0.337 e. The van der Waals surface area contributed by atoms with Crippen molar-refractivity contribution < 1.29 is 42.9 Å². The summed E-state index contributed by atoms with van der Waals surface area (Å²) in [4.78, 5) is 49.4. The van der Waals surface area contributed by atoms with Gasteiger partial charge in [0.15, 0.2) is 28.6 Å². The van der Waals surface area contributed by atoms with Crippen molar-refractivity contribution in [2.24, 2.45) is 0 Å². The number of methoxy groups -OCH3 is 1.